The highest BCUT2D eigenvalue weighted by Crippen LogP contribution is 2.05. The molecule has 0 saturated carbocycles. The quantitative estimate of drug-likeness (QED) is 0.718. The maximum absolute atomic E-state index is 12.1. The Morgan fingerprint density at radius 1 is 1.33 bits per heavy atom. The Labute approximate surface area is 107 Å². The Morgan fingerprint density at radius 3 is 2.39 bits per heavy atom. The molecular formula is C12H21N3O3. The molecule has 0 aromatic heterocycles. The van der Waals surface area contributed by atoms with Crippen LogP contribution in [0.3, 0.4) is 0 Å². The number of carboxylic acid groups (broad SMARTS) is 1. The highest BCUT2D eigenvalue weighted by molar-refractivity contribution is 5.75. The Bertz CT molecular complexity index is 312. The van der Waals surface area contributed by atoms with Crippen LogP contribution in [0.1, 0.15) is 6.92 Å². The molecule has 1 N–H and O–H groups in total. The van der Waals surface area contributed by atoms with Gasteiger partial charge in [0.05, 0.1) is 6.54 Å². The van der Waals surface area contributed by atoms with Crippen molar-refractivity contribution in [3.05, 3.63) is 12.7 Å². The minimum Gasteiger partial charge on any atom is -0.480 e. The van der Waals surface area contributed by atoms with E-state index < -0.39 is 5.97 Å². The van der Waals surface area contributed by atoms with Crippen LogP contribution >= 0.6 is 0 Å². The van der Waals surface area contributed by atoms with Crippen molar-refractivity contribution in [1.82, 2.24) is 14.7 Å². The van der Waals surface area contributed by atoms with Crippen molar-refractivity contribution < 1.29 is 14.7 Å². The van der Waals surface area contributed by atoms with Gasteiger partial charge in [0.15, 0.2) is 0 Å². The van der Waals surface area contributed by atoms with Crippen LogP contribution in [-0.4, -0.2) is 77.6 Å². The summed E-state index contributed by atoms with van der Waals surface area (Å²) >= 11 is 0. The number of urea groups is 1. The fourth-order valence-electron chi connectivity index (χ4n) is 1.99. The molecule has 2 amide bonds. The van der Waals surface area contributed by atoms with Crippen LogP contribution in [0.4, 0.5) is 4.79 Å². The monoisotopic (exact) mass is 255 g/mol. The molecule has 0 aliphatic carbocycles. The number of hydrogen-bond donors (Lipinski definition) is 1. The molecule has 1 rings (SSSR count). The zero-order chi connectivity index (χ0) is 13.5. The number of rotatable bonds is 5. The predicted molar refractivity (Wildman–Crippen MR) is 68.5 cm³/mol. The maximum Gasteiger partial charge on any atom is 0.320 e. The lowest BCUT2D eigenvalue weighted by Crippen LogP contribution is -2.53. The lowest BCUT2D eigenvalue weighted by Gasteiger charge is -2.36. The first-order valence-corrected chi connectivity index (χ1v) is 6.17. The van der Waals surface area contributed by atoms with E-state index in [9.17, 15) is 9.59 Å². The average molecular weight is 255 g/mol. The second kappa shape index (κ2) is 7.00. The van der Waals surface area contributed by atoms with Gasteiger partial charge in [-0.15, -0.1) is 6.58 Å². The summed E-state index contributed by atoms with van der Waals surface area (Å²) in [7, 11) is 0. The van der Waals surface area contributed by atoms with Crippen molar-refractivity contribution in [2.24, 2.45) is 0 Å². The second-order valence-corrected chi connectivity index (χ2v) is 4.27. The van der Waals surface area contributed by atoms with E-state index in [1.807, 2.05) is 11.8 Å². The molecule has 0 unspecified atom stereocenters. The van der Waals surface area contributed by atoms with Crippen LogP contribution < -0.4 is 0 Å². The number of piperazine rings is 1. The number of hydrogen-bond acceptors (Lipinski definition) is 3. The molecule has 1 fully saturated rings. The third kappa shape index (κ3) is 4.03. The van der Waals surface area contributed by atoms with Crippen molar-refractivity contribution in [1.29, 1.82) is 0 Å². The van der Waals surface area contributed by atoms with E-state index in [0.29, 0.717) is 39.3 Å². The SMILES string of the molecule is C=CCN(CC)C(=O)N1CCN(CC(=O)O)CC1. The number of aliphatic carboxylic acids is 1. The first-order chi connectivity index (χ1) is 8.58. The van der Waals surface area contributed by atoms with Crippen LogP contribution in [-0.2, 0) is 4.79 Å². The van der Waals surface area contributed by atoms with Gasteiger partial charge >= 0.3 is 12.0 Å². The molecule has 1 saturated heterocycles. The summed E-state index contributed by atoms with van der Waals surface area (Å²) < 4.78 is 0. The van der Waals surface area contributed by atoms with Gasteiger partial charge < -0.3 is 14.9 Å². The summed E-state index contributed by atoms with van der Waals surface area (Å²) in [6.07, 6.45) is 1.71. The van der Waals surface area contributed by atoms with Gasteiger partial charge in [0.1, 0.15) is 0 Å². The van der Waals surface area contributed by atoms with Crippen LogP contribution in [0, 0.1) is 0 Å². The van der Waals surface area contributed by atoms with Crippen molar-refractivity contribution in [3.63, 3.8) is 0 Å². The Morgan fingerprint density at radius 2 is 1.94 bits per heavy atom. The summed E-state index contributed by atoms with van der Waals surface area (Å²) in [5, 5.41) is 8.70. The molecule has 1 aliphatic heterocycles. The molecule has 0 bridgehead atoms. The largest absolute Gasteiger partial charge is 0.480 e. The van der Waals surface area contributed by atoms with E-state index in [-0.39, 0.29) is 12.6 Å². The summed E-state index contributed by atoms with van der Waals surface area (Å²) in [5.74, 6) is -0.823. The van der Waals surface area contributed by atoms with E-state index >= 15 is 0 Å². The van der Waals surface area contributed by atoms with Gasteiger partial charge in [-0.3, -0.25) is 9.69 Å². The molecular weight excluding hydrogens is 234 g/mol. The van der Waals surface area contributed by atoms with Crippen LogP contribution in [0.5, 0.6) is 0 Å². The molecule has 102 valence electrons. The topological polar surface area (TPSA) is 64.1 Å². The van der Waals surface area contributed by atoms with E-state index in [4.69, 9.17) is 5.11 Å². The van der Waals surface area contributed by atoms with Crippen LogP contribution in [0.2, 0.25) is 0 Å². The molecule has 0 atom stereocenters. The molecule has 6 nitrogen and oxygen atoms in total. The van der Waals surface area contributed by atoms with Crippen LogP contribution in [0.15, 0.2) is 12.7 Å². The standard InChI is InChI=1S/C12H21N3O3/c1-3-5-14(4-2)12(18)15-8-6-13(7-9-15)10-11(16)17/h3H,1,4-10H2,2H3,(H,16,17). The van der Waals surface area contributed by atoms with Gasteiger partial charge in [0.2, 0.25) is 0 Å². The molecule has 0 spiro atoms. The fourth-order valence-corrected chi connectivity index (χ4v) is 1.99. The second-order valence-electron chi connectivity index (χ2n) is 4.27. The average Bonchev–Trinajstić information content (AvgIpc) is 2.35. The van der Waals surface area contributed by atoms with Crippen LogP contribution in [0.25, 0.3) is 0 Å². The van der Waals surface area contributed by atoms with Gasteiger partial charge in [-0.2, -0.15) is 0 Å². The fraction of sp³-hybridized carbons (Fsp3) is 0.667. The lowest BCUT2D eigenvalue weighted by atomic mass is 10.3. The zero-order valence-corrected chi connectivity index (χ0v) is 10.8. The minimum absolute atomic E-state index is 0.00683. The highest BCUT2D eigenvalue weighted by atomic mass is 16.4. The third-order valence-electron chi connectivity index (χ3n) is 3.00. The van der Waals surface area contributed by atoms with Gasteiger partial charge in [-0.1, -0.05) is 6.08 Å². The number of carboxylic acids is 1. The van der Waals surface area contributed by atoms with Crippen molar-refractivity contribution >= 4 is 12.0 Å². The number of carbonyl (C=O) groups excluding carboxylic acids is 1. The zero-order valence-electron chi connectivity index (χ0n) is 10.8. The molecule has 6 heteroatoms. The van der Waals surface area contributed by atoms with Gasteiger partial charge in [-0.25, -0.2) is 4.79 Å². The third-order valence-corrected chi connectivity index (χ3v) is 3.00. The van der Waals surface area contributed by atoms with E-state index in [1.165, 1.54) is 0 Å². The molecule has 18 heavy (non-hydrogen) atoms. The first-order valence-electron chi connectivity index (χ1n) is 6.17. The predicted octanol–water partition coefficient (Wildman–Crippen LogP) is 0.317. The van der Waals surface area contributed by atoms with Gasteiger partial charge in [0, 0.05) is 39.3 Å². The summed E-state index contributed by atoms with van der Waals surface area (Å²) in [4.78, 5) is 28.0. The van der Waals surface area contributed by atoms with E-state index in [2.05, 4.69) is 6.58 Å². The minimum atomic E-state index is -0.823. The number of carbonyl (C=O) groups is 2. The molecule has 1 aliphatic rings. The summed E-state index contributed by atoms with van der Waals surface area (Å²) in [6.45, 7) is 9.21. The van der Waals surface area contributed by atoms with Crippen molar-refractivity contribution in [2.75, 3.05) is 45.8 Å². The first kappa shape index (κ1) is 14.5. The van der Waals surface area contributed by atoms with E-state index in [0.717, 1.165) is 0 Å². The normalized spacial score (nSPS) is 16.4. The maximum atomic E-state index is 12.1. The van der Waals surface area contributed by atoms with Crippen molar-refractivity contribution in [3.8, 4) is 0 Å². The van der Waals surface area contributed by atoms with Gasteiger partial charge in [0.25, 0.3) is 0 Å². The smallest absolute Gasteiger partial charge is 0.320 e. The molecule has 0 aromatic carbocycles. The number of nitrogens with zero attached hydrogens (tertiary/aromatic N) is 3. The number of amides is 2. The summed E-state index contributed by atoms with van der Waals surface area (Å²) in [5.41, 5.74) is 0. The molecule has 0 radical (unpaired) electrons. The Balaban J connectivity index is 2.44. The molecule has 0 aromatic rings. The Hall–Kier alpha value is -1.56. The lowest BCUT2D eigenvalue weighted by molar-refractivity contribution is -0.138. The molecule has 1 heterocycles. The Kier molecular flexibility index (Phi) is 5.64. The summed E-state index contributed by atoms with van der Waals surface area (Å²) in [6, 6.07) is 0.00683. The number of likely N-dealkylation sites (N-methyl/N-ethyl adjacent to an activating group) is 1. The van der Waals surface area contributed by atoms with Gasteiger partial charge in [-0.05, 0) is 6.92 Å². The highest BCUT2D eigenvalue weighted by Gasteiger charge is 2.24. The van der Waals surface area contributed by atoms with E-state index in [1.54, 1.807) is 15.9 Å². The van der Waals surface area contributed by atoms with Crippen molar-refractivity contribution in [2.45, 2.75) is 6.92 Å².